The average molecular weight is 421 g/mol. The summed E-state index contributed by atoms with van der Waals surface area (Å²) in [6.07, 6.45) is 0. The van der Waals surface area contributed by atoms with E-state index in [2.05, 4.69) is 88.6 Å². The van der Waals surface area contributed by atoms with Crippen LogP contribution < -0.4 is 4.74 Å². The van der Waals surface area contributed by atoms with Gasteiger partial charge in [0.15, 0.2) is 5.82 Å². The highest BCUT2D eigenvalue weighted by molar-refractivity contribution is 5.33. The highest BCUT2D eigenvalue weighted by atomic mass is 16.5. The molecular formula is C24H32N6O. The Kier molecular flexibility index (Phi) is 6.34. The molecule has 0 amide bonds. The second-order valence-electron chi connectivity index (χ2n) is 9.06. The number of methoxy groups -OCH3 is 1. The quantitative estimate of drug-likeness (QED) is 0.610. The minimum Gasteiger partial charge on any atom is -0.496 e. The monoisotopic (exact) mass is 420 g/mol. The Labute approximate surface area is 184 Å². The van der Waals surface area contributed by atoms with Crippen molar-refractivity contribution in [2.45, 2.75) is 38.9 Å². The molecule has 7 nitrogen and oxygen atoms in total. The molecule has 0 N–H and O–H groups in total. The van der Waals surface area contributed by atoms with Crippen molar-refractivity contribution < 1.29 is 4.74 Å². The van der Waals surface area contributed by atoms with Crippen molar-refractivity contribution in [3.05, 3.63) is 71.5 Å². The fourth-order valence-corrected chi connectivity index (χ4v) is 4.25. The number of hydrogen-bond acceptors (Lipinski definition) is 6. The molecule has 0 bridgehead atoms. The zero-order chi connectivity index (χ0) is 21.8. The van der Waals surface area contributed by atoms with Crippen molar-refractivity contribution in [3.8, 4) is 5.75 Å². The summed E-state index contributed by atoms with van der Waals surface area (Å²) in [6, 6.07) is 18.9. The van der Waals surface area contributed by atoms with E-state index >= 15 is 0 Å². The van der Waals surface area contributed by atoms with Gasteiger partial charge in [-0.25, -0.2) is 4.68 Å². The maximum absolute atomic E-state index is 5.54. The second-order valence-corrected chi connectivity index (χ2v) is 9.06. The molecule has 0 spiro atoms. The van der Waals surface area contributed by atoms with E-state index in [9.17, 15) is 0 Å². The van der Waals surface area contributed by atoms with Gasteiger partial charge in [-0.1, -0.05) is 48.5 Å². The number of para-hydroxylation sites is 1. The van der Waals surface area contributed by atoms with Crippen molar-refractivity contribution in [2.75, 3.05) is 33.3 Å². The number of benzene rings is 2. The number of nitrogens with zero attached hydrogens (tertiary/aromatic N) is 6. The topological polar surface area (TPSA) is 59.3 Å². The summed E-state index contributed by atoms with van der Waals surface area (Å²) in [6.45, 7) is 11.2. The minimum absolute atomic E-state index is 0.0313. The Bertz CT molecular complexity index is 973. The van der Waals surface area contributed by atoms with E-state index in [0.717, 1.165) is 44.3 Å². The standard InChI is InChI=1S/C24H32N6O/c1-24(2,3)30-23(25-26-27-30)22(19-10-6-5-7-11-19)29-16-14-28(15-17-29)18-20-12-8-9-13-21(20)31-4/h5-13,22H,14-18H2,1-4H3/t22-/m1/s1. The molecule has 0 radical (unpaired) electrons. The number of hydrogen-bond donors (Lipinski definition) is 0. The molecule has 1 aromatic heterocycles. The molecular weight excluding hydrogens is 388 g/mol. The smallest absolute Gasteiger partial charge is 0.173 e. The summed E-state index contributed by atoms with van der Waals surface area (Å²) in [5.74, 6) is 1.85. The summed E-state index contributed by atoms with van der Waals surface area (Å²) in [7, 11) is 1.74. The van der Waals surface area contributed by atoms with Gasteiger partial charge in [0.1, 0.15) is 5.75 Å². The van der Waals surface area contributed by atoms with Gasteiger partial charge in [0.25, 0.3) is 0 Å². The normalized spacial score (nSPS) is 16.9. The predicted molar refractivity (Wildman–Crippen MR) is 121 cm³/mol. The molecule has 4 rings (SSSR count). The summed E-state index contributed by atoms with van der Waals surface area (Å²) in [5, 5.41) is 12.8. The lowest BCUT2D eigenvalue weighted by molar-refractivity contribution is 0.0974. The third-order valence-corrected chi connectivity index (χ3v) is 5.85. The first-order valence-electron chi connectivity index (χ1n) is 10.9. The van der Waals surface area contributed by atoms with Gasteiger partial charge in [-0.2, -0.15) is 0 Å². The Balaban J connectivity index is 1.54. The third kappa shape index (κ3) is 4.78. The first kappa shape index (κ1) is 21.5. The second kappa shape index (κ2) is 9.16. The highest BCUT2D eigenvalue weighted by Gasteiger charge is 2.33. The van der Waals surface area contributed by atoms with Crippen LogP contribution in [-0.4, -0.2) is 63.3 Å². The summed E-state index contributed by atoms with van der Waals surface area (Å²) < 4.78 is 7.50. The van der Waals surface area contributed by atoms with Crippen LogP contribution in [0.1, 0.15) is 43.8 Å². The SMILES string of the molecule is COc1ccccc1CN1CCN([C@H](c2ccccc2)c2nnnn2C(C)(C)C)CC1. The average Bonchev–Trinajstić information content (AvgIpc) is 3.26. The van der Waals surface area contributed by atoms with Crippen LogP contribution in [0.5, 0.6) is 5.75 Å². The van der Waals surface area contributed by atoms with Crippen molar-refractivity contribution >= 4 is 0 Å². The molecule has 3 aromatic rings. The molecule has 1 saturated heterocycles. The maximum Gasteiger partial charge on any atom is 0.173 e. The van der Waals surface area contributed by atoms with Crippen molar-refractivity contribution in [1.82, 2.24) is 30.0 Å². The van der Waals surface area contributed by atoms with E-state index in [4.69, 9.17) is 4.74 Å². The Morgan fingerprint density at radius 3 is 2.29 bits per heavy atom. The maximum atomic E-state index is 5.54. The van der Waals surface area contributed by atoms with Gasteiger partial charge in [-0.15, -0.1) is 5.10 Å². The molecule has 1 aliphatic heterocycles. The lowest BCUT2D eigenvalue weighted by Gasteiger charge is -2.39. The van der Waals surface area contributed by atoms with E-state index in [-0.39, 0.29) is 11.6 Å². The number of aromatic nitrogens is 4. The fourth-order valence-electron chi connectivity index (χ4n) is 4.25. The molecule has 1 aliphatic rings. The third-order valence-electron chi connectivity index (χ3n) is 5.85. The molecule has 0 aliphatic carbocycles. The van der Waals surface area contributed by atoms with Crippen LogP contribution in [0.25, 0.3) is 0 Å². The van der Waals surface area contributed by atoms with Gasteiger partial charge in [0.05, 0.1) is 18.7 Å². The number of piperazine rings is 1. The first-order chi connectivity index (χ1) is 15.0. The molecule has 2 heterocycles. The largest absolute Gasteiger partial charge is 0.496 e. The van der Waals surface area contributed by atoms with E-state index in [1.54, 1.807) is 7.11 Å². The fraction of sp³-hybridized carbons (Fsp3) is 0.458. The van der Waals surface area contributed by atoms with Gasteiger partial charge in [-0.3, -0.25) is 9.80 Å². The minimum atomic E-state index is -0.183. The van der Waals surface area contributed by atoms with Crippen molar-refractivity contribution in [3.63, 3.8) is 0 Å². The van der Waals surface area contributed by atoms with Crippen molar-refractivity contribution in [2.24, 2.45) is 0 Å². The molecule has 31 heavy (non-hydrogen) atoms. The lowest BCUT2D eigenvalue weighted by Crippen LogP contribution is -2.48. The van der Waals surface area contributed by atoms with Crippen molar-refractivity contribution in [1.29, 1.82) is 0 Å². The Hall–Kier alpha value is -2.77. The molecule has 7 heteroatoms. The van der Waals surface area contributed by atoms with Gasteiger partial charge < -0.3 is 4.74 Å². The van der Waals surface area contributed by atoms with E-state index in [1.807, 2.05) is 16.8 Å². The van der Waals surface area contributed by atoms with Gasteiger partial charge in [0, 0.05) is 38.3 Å². The molecule has 2 aromatic carbocycles. The summed E-state index contributed by atoms with van der Waals surface area (Å²) in [5.41, 5.74) is 2.27. The van der Waals surface area contributed by atoms with E-state index in [1.165, 1.54) is 11.1 Å². The number of tetrazole rings is 1. The van der Waals surface area contributed by atoms with Crippen LogP contribution in [-0.2, 0) is 12.1 Å². The summed E-state index contributed by atoms with van der Waals surface area (Å²) in [4.78, 5) is 4.99. The molecule has 0 unspecified atom stereocenters. The molecule has 164 valence electrons. The van der Waals surface area contributed by atoms with Crippen LogP contribution in [0.15, 0.2) is 54.6 Å². The number of ether oxygens (including phenoxy) is 1. The van der Waals surface area contributed by atoms with Crippen LogP contribution in [0.2, 0.25) is 0 Å². The highest BCUT2D eigenvalue weighted by Crippen LogP contribution is 2.30. The predicted octanol–water partition coefficient (Wildman–Crippen LogP) is 3.34. The van der Waals surface area contributed by atoms with Gasteiger partial charge in [-0.05, 0) is 42.8 Å². The van der Waals surface area contributed by atoms with Crippen LogP contribution in [0.4, 0.5) is 0 Å². The molecule has 1 fully saturated rings. The van der Waals surface area contributed by atoms with Gasteiger partial charge in [0.2, 0.25) is 0 Å². The number of rotatable bonds is 6. The first-order valence-corrected chi connectivity index (χ1v) is 10.9. The summed E-state index contributed by atoms with van der Waals surface area (Å²) >= 11 is 0. The van der Waals surface area contributed by atoms with Crippen LogP contribution in [0, 0.1) is 0 Å². The Morgan fingerprint density at radius 1 is 0.935 bits per heavy atom. The zero-order valence-electron chi connectivity index (χ0n) is 18.9. The Morgan fingerprint density at radius 2 is 1.61 bits per heavy atom. The van der Waals surface area contributed by atoms with Crippen LogP contribution >= 0.6 is 0 Å². The zero-order valence-corrected chi connectivity index (χ0v) is 18.9. The van der Waals surface area contributed by atoms with E-state index in [0.29, 0.717) is 0 Å². The van der Waals surface area contributed by atoms with Gasteiger partial charge >= 0.3 is 0 Å². The van der Waals surface area contributed by atoms with Crippen LogP contribution in [0.3, 0.4) is 0 Å². The molecule has 0 saturated carbocycles. The van der Waals surface area contributed by atoms with E-state index < -0.39 is 0 Å². The molecule has 1 atom stereocenters. The lowest BCUT2D eigenvalue weighted by atomic mass is 10.0.